The van der Waals surface area contributed by atoms with Gasteiger partial charge >= 0.3 is 0 Å². The minimum absolute atomic E-state index is 0.0630. The molecule has 0 spiro atoms. The zero-order chi connectivity index (χ0) is 26.3. The maximum absolute atomic E-state index is 13.1. The van der Waals surface area contributed by atoms with Crippen molar-refractivity contribution in [1.82, 2.24) is 13.8 Å². The maximum Gasteiger partial charge on any atom is 0.254 e. The highest BCUT2D eigenvalue weighted by atomic mass is 32.1. The van der Waals surface area contributed by atoms with Gasteiger partial charge in [0.25, 0.3) is 5.56 Å². The van der Waals surface area contributed by atoms with Gasteiger partial charge in [-0.1, -0.05) is 39.0 Å². The van der Waals surface area contributed by atoms with Crippen molar-refractivity contribution in [2.45, 2.75) is 47.6 Å². The molecule has 0 saturated carbocycles. The topological polar surface area (TPSA) is 58.4 Å². The third kappa shape index (κ3) is 5.07. The normalized spacial score (nSPS) is 15.1. The Balaban J connectivity index is 1.28. The van der Waals surface area contributed by atoms with E-state index in [0.29, 0.717) is 0 Å². The second-order valence-electron chi connectivity index (χ2n) is 11.2. The molecule has 194 valence electrons. The first-order chi connectivity index (χ1) is 17.6. The van der Waals surface area contributed by atoms with Gasteiger partial charge < -0.3 is 9.47 Å². The second kappa shape index (κ2) is 10.0. The molecule has 1 aliphatic rings. The number of aryl methyl sites for hydroxylation is 1. The lowest BCUT2D eigenvalue weighted by molar-refractivity contribution is -0.126. The molecule has 1 fully saturated rings. The zero-order valence-electron chi connectivity index (χ0n) is 22.5. The third-order valence-electron chi connectivity index (χ3n) is 7.77. The number of benzene rings is 2. The maximum atomic E-state index is 13.1. The van der Waals surface area contributed by atoms with Gasteiger partial charge in [0.2, 0.25) is 0 Å². The fourth-order valence-corrected chi connectivity index (χ4v) is 5.85. The minimum atomic E-state index is -0.485. The molecule has 4 aromatic rings. The number of pyridine rings is 1. The van der Waals surface area contributed by atoms with Crippen molar-refractivity contribution in [2.75, 3.05) is 37.6 Å². The van der Waals surface area contributed by atoms with E-state index in [0.717, 1.165) is 67.0 Å². The average Bonchev–Trinajstić information content (AvgIpc) is 3.32. The summed E-state index contributed by atoms with van der Waals surface area (Å²) in [5.41, 5.74) is 3.28. The van der Waals surface area contributed by atoms with Crippen LogP contribution >= 0.6 is 11.5 Å². The largest absolute Gasteiger partial charge is 0.353 e. The summed E-state index contributed by atoms with van der Waals surface area (Å²) in [6, 6.07) is 14.8. The second-order valence-corrected chi connectivity index (χ2v) is 12.1. The number of piperazine rings is 1. The van der Waals surface area contributed by atoms with E-state index in [-0.39, 0.29) is 17.9 Å². The predicted molar refractivity (Wildman–Crippen MR) is 154 cm³/mol. The molecule has 1 aliphatic heterocycles. The van der Waals surface area contributed by atoms with Crippen molar-refractivity contribution in [1.29, 1.82) is 0 Å². The van der Waals surface area contributed by atoms with Gasteiger partial charge in [0.15, 0.2) is 5.78 Å². The van der Waals surface area contributed by atoms with Crippen LogP contribution in [0.5, 0.6) is 0 Å². The number of nitrogens with zero attached hydrogens (tertiary/aromatic N) is 4. The third-order valence-corrected chi connectivity index (χ3v) is 8.59. The van der Waals surface area contributed by atoms with Gasteiger partial charge in [-0.05, 0) is 67.2 Å². The number of rotatable bonds is 6. The van der Waals surface area contributed by atoms with Crippen molar-refractivity contribution >= 4 is 44.1 Å². The van der Waals surface area contributed by atoms with Gasteiger partial charge in [-0.15, -0.1) is 0 Å². The van der Waals surface area contributed by atoms with Crippen molar-refractivity contribution in [3.63, 3.8) is 0 Å². The molecule has 2 aromatic heterocycles. The summed E-state index contributed by atoms with van der Waals surface area (Å²) < 4.78 is 7.64. The molecular formula is C30H36N4O2S. The zero-order valence-corrected chi connectivity index (χ0v) is 23.3. The highest BCUT2D eigenvalue weighted by Crippen LogP contribution is 2.30. The minimum Gasteiger partial charge on any atom is -0.353 e. The molecule has 0 atom stereocenters. The van der Waals surface area contributed by atoms with E-state index in [1.807, 2.05) is 40.7 Å². The molecule has 0 amide bonds. The smallest absolute Gasteiger partial charge is 0.254 e. The summed E-state index contributed by atoms with van der Waals surface area (Å²) in [6.45, 7) is 14.7. The number of hydrogen-bond donors (Lipinski definition) is 0. The molecule has 2 aromatic carbocycles. The molecule has 0 bridgehead atoms. The average molecular weight is 517 g/mol. The molecule has 0 unspecified atom stereocenters. The first kappa shape index (κ1) is 25.6. The summed E-state index contributed by atoms with van der Waals surface area (Å²) >= 11 is 1.58. The van der Waals surface area contributed by atoms with E-state index < -0.39 is 5.41 Å². The molecule has 37 heavy (non-hydrogen) atoms. The van der Waals surface area contributed by atoms with E-state index in [4.69, 9.17) is 4.37 Å². The fourth-order valence-electron chi connectivity index (χ4n) is 5.06. The monoisotopic (exact) mass is 516 g/mol. The first-order valence-corrected chi connectivity index (χ1v) is 13.9. The first-order valence-electron chi connectivity index (χ1n) is 13.1. The molecule has 0 radical (unpaired) electrons. The van der Waals surface area contributed by atoms with Gasteiger partial charge in [-0.3, -0.25) is 14.5 Å². The molecule has 6 nitrogen and oxygen atoms in total. The predicted octanol–water partition coefficient (Wildman–Crippen LogP) is 5.21. The van der Waals surface area contributed by atoms with Crippen LogP contribution in [0.3, 0.4) is 0 Å². The van der Waals surface area contributed by atoms with Crippen molar-refractivity contribution in [3.05, 3.63) is 69.5 Å². The van der Waals surface area contributed by atoms with Crippen LogP contribution in [0.15, 0.2) is 47.3 Å². The molecule has 3 heterocycles. The van der Waals surface area contributed by atoms with Crippen molar-refractivity contribution < 1.29 is 4.79 Å². The summed E-state index contributed by atoms with van der Waals surface area (Å²) in [7, 11) is 0. The van der Waals surface area contributed by atoms with E-state index in [1.54, 1.807) is 16.1 Å². The number of Topliss-reactive ketones (excluding diaryl/α,β-unsaturated/α-hetero) is 1. The van der Waals surface area contributed by atoms with E-state index in [9.17, 15) is 9.59 Å². The molecule has 0 N–H and O–H groups in total. The molecule has 0 aliphatic carbocycles. The van der Waals surface area contributed by atoms with E-state index in [1.165, 1.54) is 15.6 Å². The summed E-state index contributed by atoms with van der Waals surface area (Å²) in [5, 5.41) is 2.32. The van der Waals surface area contributed by atoms with Crippen LogP contribution in [0.4, 0.5) is 5.82 Å². The SMILES string of the molecule is Cc1c(C)c2cc(CCN3CCN(c4nsc5ccccc45)CC3)ccc2n(CC(=O)C(C)(C)C)c1=O. The van der Waals surface area contributed by atoms with Crippen LogP contribution in [0.2, 0.25) is 0 Å². The standard InChI is InChI=1S/C30H36N4O2S/c1-20-21(2)29(36)34(19-27(35)30(3,4)5)25-11-10-22(18-24(20)25)12-13-32-14-16-33(17-15-32)28-23-8-6-7-9-26(23)37-31-28/h6-11,18H,12-17,19H2,1-5H3. The summed E-state index contributed by atoms with van der Waals surface area (Å²) in [4.78, 5) is 30.8. The van der Waals surface area contributed by atoms with Crippen LogP contribution in [0.1, 0.15) is 37.5 Å². The molecule has 7 heteroatoms. The van der Waals surface area contributed by atoms with Crippen LogP contribution in [-0.4, -0.2) is 52.3 Å². The summed E-state index contributed by atoms with van der Waals surface area (Å²) in [5.74, 6) is 1.18. The van der Waals surface area contributed by atoms with Gasteiger partial charge in [0, 0.05) is 54.5 Å². The lowest BCUT2D eigenvalue weighted by Crippen LogP contribution is -2.47. The highest BCUT2D eigenvalue weighted by Gasteiger charge is 2.24. The fraction of sp³-hybridized carbons (Fsp3) is 0.433. The Labute approximate surface area is 222 Å². The van der Waals surface area contributed by atoms with Gasteiger partial charge in [0.1, 0.15) is 5.82 Å². The number of aromatic nitrogens is 2. The number of ketones is 1. The van der Waals surface area contributed by atoms with Crippen LogP contribution in [0.25, 0.3) is 21.0 Å². The number of carbonyl (C=O) groups is 1. The van der Waals surface area contributed by atoms with Crippen LogP contribution < -0.4 is 10.5 Å². The quantitative estimate of drug-likeness (QED) is 0.352. The van der Waals surface area contributed by atoms with Crippen molar-refractivity contribution in [2.24, 2.45) is 5.41 Å². The number of anilines is 1. The summed E-state index contributed by atoms with van der Waals surface area (Å²) in [6.07, 6.45) is 0.952. The van der Waals surface area contributed by atoms with E-state index >= 15 is 0 Å². The van der Waals surface area contributed by atoms with Crippen LogP contribution in [0, 0.1) is 19.3 Å². The Morgan fingerprint density at radius 3 is 2.43 bits per heavy atom. The Morgan fingerprint density at radius 2 is 1.70 bits per heavy atom. The number of hydrogen-bond acceptors (Lipinski definition) is 6. The molecule has 5 rings (SSSR count). The Morgan fingerprint density at radius 1 is 0.973 bits per heavy atom. The van der Waals surface area contributed by atoms with Crippen LogP contribution in [-0.2, 0) is 17.8 Å². The van der Waals surface area contributed by atoms with Gasteiger partial charge in [-0.2, -0.15) is 4.37 Å². The van der Waals surface area contributed by atoms with Crippen molar-refractivity contribution in [3.8, 4) is 0 Å². The highest BCUT2D eigenvalue weighted by molar-refractivity contribution is 7.13. The van der Waals surface area contributed by atoms with Gasteiger partial charge in [-0.25, -0.2) is 0 Å². The van der Waals surface area contributed by atoms with Gasteiger partial charge in [0.05, 0.1) is 16.8 Å². The Kier molecular flexibility index (Phi) is 6.94. The molecule has 1 saturated heterocycles. The number of carbonyl (C=O) groups excluding carboxylic acids is 1. The Hall–Kier alpha value is -3.03. The number of fused-ring (bicyclic) bond motifs is 2. The lowest BCUT2D eigenvalue weighted by atomic mass is 9.90. The lowest BCUT2D eigenvalue weighted by Gasteiger charge is -2.35. The molecular weight excluding hydrogens is 480 g/mol. The Bertz CT molecular complexity index is 1520. The van der Waals surface area contributed by atoms with E-state index in [2.05, 4.69) is 46.2 Å².